The molecular weight excluding hydrogens is 360 g/mol. The summed E-state index contributed by atoms with van der Waals surface area (Å²) in [6, 6.07) is 13.8. The highest BCUT2D eigenvalue weighted by atomic mass is 16.4. The van der Waals surface area contributed by atoms with Crippen molar-refractivity contribution in [1.29, 1.82) is 0 Å². The van der Waals surface area contributed by atoms with Crippen molar-refractivity contribution in [3.63, 3.8) is 0 Å². The summed E-state index contributed by atoms with van der Waals surface area (Å²) in [4.78, 5) is 24.1. The zero-order valence-corrected chi connectivity index (χ0v) is 17.8. The zero-order valence-electron chi connectivity index (χ0n) is 17.8. The van der Waals surface area contributed by atoms with E-state index in [0.29, 0.717) is 12.2 Å². The Bertz CT molecular complexity index is 966. The zero-order chi connectivity index (χ0) is 21.0. The number of carbonyl (C=O) groups excluding carboxylic acids is 1. The van der Waals surface area contributed by atoms with Crippen LogP contribution in [0.5, 0.6) is 0 Å². The van der Waals surface area contributed by atoms with E-state index in [2.05, 4.69) is 45.9 Å². The number of fused-ring (bicyclic) bond motifs is 1. The lowest BCUT2D eigenvalue weighted by Crippen LogP contribution is -2.34. The Morgan fingerprint density at radius 2 is 1.48 bits per heavy atom. The summed E-state index contributed by atoms with van der Waals surface area (Å²) in [5.74, 6) is -0.653. The smallest absolute Gasteiger partial charge is 0.335 e. The van der Waals surface area contributed by atoms with Crippen LogP contribution in [-0.2, 0) is 15.6 Å². The third-order valence-electron chi connectivity index (χ3n) is 7.27. The molecule has 0 spiro atoms. The van der Waals surface area contributed by atoms with Gasteiger partial charge in [-0.2, -0.15) is 0 Å². The molecule has 2 aliphatic carbocycles. The van der Waals surface area contributed by atoms with E-state index in [-0.39, 0.29) is 28.2 Å². The van der Waals surface area contributed by atoms with Crippen LogP contribution in [-0.4, -0.2) is 16.9 Å². The van der Waals surface area contributed by atoms with Crippen molar-refractivity contribution in [2.75, 3.05) is 0 Å². The number of carboxylic acids is 1. The van der Waals surface area contributed by atoms with E-state index in [1.807, 2.05) is 12.1 Å². The predicted octanol–water partition coefficient (Wildman–Crippen LogP) is 5.96. The lowest BCUT2D eigenvalue weighted by molar-refractivity contribution is -0.118. The van der Waals surface area contributed by atoms with Crippen LogP contribution in [0, 0.1) is 0 Å². The molecule has 4 rings (SSSR count). The molecule has 2 atom stereocenters. The van der Waals surface area contributed by atoms with Crippen molar-refractivity contribution in [2.45, 2.75) is 76.0 Å². The van der Waals surface area contributed by atoms with Gasteiger partial charge in [0.05, 0.1) is 5.56 Å². The second kappa shape index (κ2) is 6.83. The molecule has 1 saturated carbocycles. The van der Waals surface area contributed by atoms with Gasteiger partial charge in [0.15, 0.2) is 0 Å². The van der Waals surface area contributed by atoms with Crippen molar-refractivity contribution in [2.24, 2.45) is 0 Å². The van der Waals surface area contributed by atoms with E-state index in [9.17, 15) is 9.59 Å². The molecule has 2 aromatic rings. The molecule has 3 nitrogen and oxygen atoms in total. The minimum atomic E-state index is -0.921. The Labute approximate surface area is 173 Å². The van der Waals surface area contributed by atoms with Crippen LogP contribution in [0.15, 0.2) is 42.5 Å². The van der Waals surface area contributed by atoms with Gasteiger partial charge in [-0.1, -0.05) is 58.0 Å². The number of benzene rings is 2. The van der Waals surface area contributed by atoms with Gasteiger partial charge in [-0.3, -0.25) is 4.79 Å². The van der Waals surface area contributed by atoms with Gasteiger partial charge in [0.2, 0.25) is 0 Å². The van der Waals surface area contributed by atoms with Gasteiger partial charge in [-0.05, 0) is 70.4 Å². The average molecular weight is 391 g/mol. The second-order valence-electron chi connectivity index (χ2n) is 10.1. The van der Waals surface area contributed by atoms with Gasteiger partial charge in [0, 0.05) is 12.3 Å². The standard InChI is InChI=1S/C26H30O3/c1-25(2)13-14-26(3,4)21-15-18(9-11-20(21)25)23-19(10-12-22(23)27)16-5-7-17(8-6-16)24(28)29/h5-9,11,15,19,23H,10,12-14H2,1-4H3,(H,28,29). The highest BCUT2D eigenvalue weighted by Gasteiger charge is 2.40. The second-order valence-corrected chi connectivity index (χ2v) is 10.1. The molecule has 1 fully saturated rings. The molecule has 0 bridgehead atoms. The van der Waals surface area contributed by atoms with Gasteiger partial charge < -0.3 is 5.11 Å². The van der Waals surface area contributed by atoms with Gasteiger partial charge in [0.25, 0.3) is 0 Å². The Hall–Kier alpha value is -2.42. The molecule has 0 aliphatic heterocycles. The molecule has 152 valence electrons. The number of carboxylic acid groups (broad SMARTS) is 1. The summed E-state index contributed by atoms with van der Waals surface area (Å²) in [6.45, 7) is 9.25. The first kappa shape index (κ1) is 19.9. The fourth-order valence-electron chi connectivity index (χ4n) is 5.29. The fourth-order valence-corrected chi connectivity index (χ4v) is 5.29. The van der Waals surface area contributed by atoms with Crippen LogP contribution in [0.25, 0.3) is 0 Å². The average Bonchev–Trinajstić information content (AvgIpc) is 3.07. The molecular formula is C26H30O3. The monoisotopic (exact) mass is 390 g/mol. The third-order valence-corrected chi connectivity index (χ3v) is 7.27. The first-order valence-electron chi connectivity index (χ1n) is 10.6. The normalized spacial score (nSPS) is 24.9. The Morgan fingerprint density at radius 1 is 0.897 bits per heavy atom. The first-order chi connectivity index (χ1) is 13.6. The highest BCUT2D eigenvalue weighted by molar-refractivity contribution is 5.90. The van der Waals surface area contributed by atoms with Gasteiger partial charge >= 0.3 is 5.97 Å². The van der Waals surface area contributed by atoms with Crippen LogP contribution in [0.3, 0.4) is 0 Å². The maximum absolute atomic E-state index is 12.9. The number of Topliss-reactive ketones (excluding diaryl/α,β-unsaturated/α-hetero) is 1. The van der Waals surface area contributed by atoms with Gasteiger partial charge in [0.1, 0.15) is 5.78 Å². The van der Waals surface area contributed by atoms with Crippen LogP contribution >= 0.6 is 0 Å². The molecule has 0 heterocycles. The maximum atomic E-state index is 12.9. The molecule has 3 heteroatoms. The minimum Gasteiger partial charge on any atom is -0.478 e. The van der Waals surface area contributed by atoms with Crippen molar-refractivity contribution >= 4 is 11.8 Å². The number of carbonyl (C=O) groups is 2. The number of aromatic carboxylic acids is 1. The Kier molecular flexibility index (Phi) is 4.68. The van der Waals surface area contributed by atoms with Crippen molar-refractivity contribution < 1.29 is 14.7 Å². The molecule has 0 saturated heterocycles. The number of hydrogen-bond donors (Lipinski definition) is 1. The van der Waals surface area contributed by atoms with Crippen molar-refractivity contribution in [3.8, 4) is 0 Å². The molecule has 0 amide bonds. The van der Waals surface area contributed by atoms with Gasteiger partial charge in [-0.15, -0.1) is 0 Å². The third kappa shape index (κ3) is 3.41. The van der Waals surface area contributed by atoms with Crippen LogP contribution in [0.4, 0.5) is 0 Å². The minimum absolute atomic E-state index is 0.112. The van der Waals surface area contributed by atoms with Crippen molar-refractivity contribution in [1.82, 2.24) is 0 Å². The number of ketones is 1. The summed E-state index contributed by atoms with van der Waals surface area (Å²) in [6.07, 6.45) is 3.73. The van der Waals surface area contributed by atoms with E-state index in [4.69, 9.17) is 5.11 Å². The Morgan fingerprint density at radius 3 is 2.10 bits per heavy atom. The molecule has 2 aromatic carbocycles. The molecule has 2 unspecified atom stereocenters. The molecule has 2 aliphatic rings. The van der Waals surface area contributed by atoms with E-state index in [0.717, 1.165) is 24.0 Å². The summed E-state index contributed by atoms with van der Waals surface area (Å²) >= 11 is 0. The van der Waals surface area contributed by atoms with Gasteiger partial charge in [-0.25, -0.2) is 4.79 Å². The predicted molar refractivity (Wildman–Crippen MR) is 115 cm³/mol. The lowest BCUT2D eigenvalue weighted by Gasteiger charge is -2.42. The Balaban J connectivity index is 1.74. The van der Waals surface area contributed by atoms with E-state index < -0.39 is 5.97 Å². The fraction of sp³-hybridized carbons (Fsp3) is 0.462. The van der Waals surface area contributed by atoms with Crippen molar-refractivity contribution in [3.05, 3.63) is 70.3 Å². The number of rotatable bonds is 3. The largest absolute Gasteiger partial charge is 0.478 e. The molecule has 1 N–H and O–H groups in total. The summed E-state index contributed by atoms with van der Waals surface area (Å²) in [5.41, 5.74) is 5.52. The summed E-state index contributed by atoms with van der Waals surface area (Å²) < 4.78 is 0. The highest BCUT2D eigenvalue weighted by Crippen LogP contribution is 2.49. The lowest BCUT2D eigenvalue weighted by atomic mass is 9.62. The summed E-state index contributed by atoms with van der Waals surface area (Å²) in [5, 5.41) is 9.16. The SMILES string of the molecule is CC1(C)CCC(C)(C)c2cc(C3C(=O)CCC3c3ccc(C(=O)O)cc3)ccc21. The topological polar surface area (TPSA) is 54.4 Å². The molecule has 0 aromatic heterocycles. The summed E-state index contributed by atoms with van der Waals surface area (Å²) in [7, 11) is 0. The van der Waals surface area contributed by atoms with E-state index in [1.54, 1.807) is 12.1 Å². The number of hydrogen-bond acceptors (Lipinski definition) is 2. The van der Waals surface area contributed by atoms with Crippen LogP contribution in [0.1, 0.15) is 97.8 Å². The first-order valence-corrected chi connectivity index (χ1v) is 10.6. The molecule has 29 heavy (non-hydrogen) atoms. The van der Waals surface area contributed by atoms with Crippen LogP contribution in [0.2, 0.25) is 0 Å². The van der Waals surface area contributed by atoms with Crippen LogP contribution < -0.4 is 0 Å². The quantitative estimate of drug-likeness (QED) is 0.703. The van der Waals surface area contributed by atoms with E-state index >= 15 is 0 Å². The van der Waals surface area contributed by atoms with E-state index in [1.165, 1.54) is 17.5 Å². The maximum Gasteiger partial charge on any atom is 0.335 e. The molecule has 0 radical (unpaired) electrons.